The minimum Gasteiger partial charge on any atom is -0.383 e. The zero-order valence-corrected chi connectivity index (χ0v) is 12.0. The number of methoxy groups -OCH3 is 1. The Morgan fingerprint density at radius 1 is 1.67 bits per heavy atom. The summed E-state index contributed by atoms with van der Waals surface area (Å²) in [6.45, 7) is 1.11. The van der Waals surface area contributed by atoms with Crippen molar-refractivity contribution in [2.45, 2.75) is 6.04 Å². The maximum Gasteiger partial charge on any atom is 0.244 e. The molecule has 1 atom stereocenters. The number of aromatic nitrogens is 2. The smallest absolute Gasteiger partial charge is 0.244 e. The molecule has 6 nitrogen and oxygen atoms in total. The van der Waals surface area contributed by atoms with Crippen molar-refractivity contribution in [1.29, 1.82) is 0 Å². The highest BCUT2D eigenvalue weighted by atomic mass is 35.5. The topological polar surface area (TPSA) is 59.4 Å². The summed E-state index contributed by atoms with van der Waals surface area (Å²) in [5, 5.41) is 7.07. The van der Waals surface area contributed by atoms with Gasteiger partial charge in [-0.15, -0.1) is 12.4 Å². The zero-order chi connectivity index (χ0) is 12.8. The molecule has 0 spiro atoms. The summed E-state index contributed by atoms with van der Waals surface area (Å²) in [4.78, 5) is 13.8. The van der Waals surface area contributed by atoms with E-state index in [0.717, 1.165) is 5.56 Å². The van der Waals surface area contributed by atoms with Crippen LogP contribution in [-0.4, -0.2) is 54.9 Å². The van der Waals surface area contributed by atoms with Crippen LogP contribution in [0.1, 0.15) is 11.6 Å². The maximum atomic E-state index is 12.2. The van der Waals surface area contributed by atoms with Gasteiger partial charge in [0.25, 0.3) is 0 Å². The van der Waals surface area contributed by atoms with Gasteiger partial charge in [-0.05, 0) is 7.05 Å². The van der Waals surface area contributed by atoms with E-state index in [1.807, 2.05) is 13.2 Å². The molecule has 0 saturated carbocycles. The first-order valence-corrected chi connectivity index (χ1v) is 5.50. The molecule has 1 heterocycles. The van der Waals surface area contributed by atoms with E-state index in [4.69, 9.17) is 4.74 Å². The second kappa shape index (κ2) is 8.07. The molecule has 0 radical (unpaired) electrons. The van der Waals surface area contributed by atoms with Crippen molar-refractivity contribution >= 4 is 18.3 Å². The number of aryl methyl sites for hydroxylation is 1. The summed E-state index contributed by atoms with van der Waals surface area (Å²) in [6.07, 6.45) is 3.53. The first-order chi connectivity index (χ1) is 8.10. The van der Waals surface area contributed by atoms with Crippen LogP contribution in [0.2, 0.25) is 0 Å². The number of halogens is 1. The third-order valence-corrected chi connectivity index (χ3v) is 2.60. The Hall–Kier alpha value is -1.11. The molecule has 0 aliphatic heterocycles. The number of rotatable bonds is 6. The van der Waals surface area contributed by atoms with Gasteiger partial charge in [-0.2, -0.15) is 5.10 Å². The molecule has 0 aliphatic rings. The van der Waals surface area contributed by atoms with Gasteiger partial charge in [0.15, 0.2) is 0 Å². The van der Waals surface area contributed by atoms with Gasteiger partial charge in [-0.3, -0.25) is 9.48 Å². The molecule has 7 heteroatoms. The molecular formula is C11H21ClN4O2. The number of nitrogens with zero attached hydrogens (tertiary/aromatic N) is 3. The third kappa shape index (κ3) is 4.29. The number of hydrogen-bond donors (Lipinski definition) is 1. The van der Waals surface area contributed by atoms with E-state index in [-0.39, 0.29) is 24.4 Å². The van der Waals surface area contributed by atoms with Crippen LogP contribution in [0.3, 0.4) is 0 Å². The fourth-order valence-electron chi connectivity index (χ4n) is 1.58. The van der Waals surface area contributed by atoms with E-state index >= 15 is 0 Å². The molecule has 0 saturated heterocycles. The number of likely N-dealkylation sites (N-methyl/N-ethyl adjacent to an activating group) is 2. The van der Waals surface area contributed by atoms with Gasteiger partial charge in [-0.1, -0.05) is 0 Å². The Kier molecular flexibility index (Phi) is 7.58. The zero-order valence-electron chi connectivity index (χ0n) is 11.2. The van der Waals surface area contributed by atoms with Crippen molar-refractivity contribution in [2.75, 3.05) is 34.4 Å². The average molecular weight is 277 g/mol. The molecule has 104 valence electrons. The van der Waals surface area contributed by atoms with Crippen molar-refractivity contribution < 1.29 is 9.53 Å². The lowest BCUT2D eigenvalue weighted by Gasteiger charge is -2.22. The monoisotopic (exact) mass is 276 g/mol. The van der Waals surface area contributed by atoms with Crippen LogP contribution in [0, 0.1) is 0 Å². The lowest BCUT2D eigenvalue weighted by Crippen LogP contribution is -2.38. The fourth-order valence-corrected chi connectivity index (χ4v) is 1.58. The summed E-state index contributed by atoms with van der Waals surface area (Å²) >= 11 is 0. The van der Waals surface area contributed by atoms with E-state index in [9.17, 15) is 4.79 Å². The predicted molar refractivity (Wildman–Crippen MR) is 71.8 cm³/mol. The Balaban J connectivity index is 0.00000289. The fraction of sp³-hybridized carbons (Fsp3) is 0.636. The Morgan fingerprint density at radius 3 is 2.78 bits per heavy atom. The number of hydrogen-bond acceptors (Lipinski definition) is 4. The van der Waals surface area contributed by atoms with Crippen molar-refractivity contribution in [3.63, 3.8) is 0 Å². The second-order valence-electron chi connectivity index (χ2n) is 3.92. The molecule has 1 N–H and O–H groups in total. The molecule has 1 rings (SSSR count). The molecule has 18 heavy (non-hydrogen) atoms. The molecule has 1 aromatic heterocycles. The van der Waals surface area contributed by atoms with Crippen LogP contribution in [-0.2, 0) is 16.6 Å². The summed E-state index contributed by atoms with van der Waals surface area (Å²) in [7, 11) is 6.98. The number of amides is 1. The van der Waals surface area contributed by atoms with Gasteiger partial charge in [-0.25, -0.2) is 0 Å². The Morgan fingerprint density at radius 2 is 2.33 bits per heavy atom. The van der Waals surface area contributed by atoms with Gasteiger partial charge in [0.2, 0.25) is 5.91 Å². The van der Waals surface area contributed by atoms with Gasteiger partial charge in [0, 0.05) is 39.5 Å². The van der Waals surface area contributed by atoms with Crippen molar-refractivity contribution in [3.8, 4) is 0 Å². The molecule has 0 fully saturated rings. The second-order valence-corrected chi connectivity index (χ2v) is 3.92. The third-order valence-electron chi connectivity index (χ3n) is 2.60. The molecular weight excluding hydrogens is 256 g/mol. The van der Waals surface area contributed by atoms with E-state index in [1.165, 1.54) is 0 Å². The molecule has 0 aromatic carbocycles. The van der Waals surface area contributed by atoms with E-state index in [1.54, 1.807) is 37.0 Å². The molecule has 1 unspecified atom stereocenters. The Labute approximate surface area is 114 Å². The summed E-state index contributed by atoms with van der Waals surface area (Å²) < 4.78 is 6.64. The number of carbonyl (C=O) groups excluding carboxylic acids is 1. The molecule has 0 bridgehead atoms. The lowest BCUT2D eigenvalue weighted by molar-refractivity contribution is -0.132. The first kappa shape index (κ1) is 16.9. The minimum atomic E-state index is -0.356. The van der Waals surface area contributed by atoms with E-state index in [2.05, 4.69) is 10.4 Å². The molecule has 1 aromatic rings. The number of carbonyl (C=O) groups is 1. The van der Waals surface area contributed by atoms with Crippen LogP contribution in [0.15, 0.2) is 12.4 Å². The van der Waals surface area contributed by atoms with Gasteiger partial charge in [0.05, 0.1) is 12.8 Å². The highest BCUT2D eigenvalue weighted by Gasteiger charge is 2.23. The van der Waals surface area contributed by atoms with Gasteiger partial charge in [0.1, 0.15) is 6.04 Å². The molecule has 1 amide bonds. The van der Waals surface area contributed by atoms with Crippen LogP contribution in [0.5, 0.6) is 0 Å². The largest absolute Gasteiger partial charge is 0.383 e. The Bertz CT molecular complexity index is 370. The van der Waals surface area contributed by atoms with Crippen LogP contribution >= 0.6 is 12.4 Å². The average Bonchev–Trinajstić information content (AvgIpc) is 2.73. The predicted octanol–water partition coefficient (Wildman–Crippen LogP) is 0.207. The van der Waals surface area contributed by atoms with E-state index < -0.39 is 0 Å². The van der Waals surface area contributed by atoms with Crippen LogP contribution < -0.4 is 5.32 Å². The van der Waals surface area contributed by atoms with Crippen LogP contribution in [0.4, 0.5) is 0 Å². The molecule has 0 aliphatic carbocycles. The van der Waals surface area contributed by atoms with Crippen molar-refractivity contribution in [3.05, 3.63) is 18.0 Å². The van der Waals surface area contributed by atoms with Gasteiger partial charge >= 0.3 is 0 Å². The summed E-state index contributed by atoms with van der Waals surface area (Å²) in [5.74, 6) is 0.0116. The first-order valence-electron chi connectivity index (χ1n) is 5.50. The number of nitrogens with one attached hydrogen (secondary N) is 1. The maximum absolute atomic E-state index is 12.2. The van der Waals surface area contributed by atoms with E-state index in [0.29, 0.717) is 13.2 Å². The quantitative estimate of drug-likeness (QED) is 0.807. The SMILES string of the molecule is CNC(C(=O)N(C)CCOC)c1cnn(C)c1.Cl. The summed E-state index contributed by atoms with van der Waals surface area (Å²) in [6, 6.07) is -0.356. The highest BCUT2D eigenvalue weighted by Crippen LogP contribution is 2.13. The standard InChI is InChI=1S/C11H20N4O2.ClH/c1-12-10(9-7-13-15(3)8-9)11(16)14(2)5-6-17-4;/h7-8,10,12H,5-6H2,1-4H3;1H. The van der Waals surface area contributed by atoms with Crippen molar-refractivity contribution in [2.24, 2.45) is 7.05 Å². The van der Waals surface area contributed by atoms with Gasteiger partial charge < -0.3 is 15.0 Å². The summed E-state index contributed by atoms with van der Waals surface area (Å²) in [5.41, 5.74) is 0.865. The highest BCUT2D eigenvalue weighted by molar-refractivity contribution is 5.85. The number of ether oxygens (including phenoxy) is 1. The normalized spacial score (nSPS) is 11.8. The lowest BCUT2D eigenvalue weighted by atomic mass is 10.1. The van der Waals surface area contributed by atoms with Crippen LogP contribution in [0.25, 0.3) is 0 Å². The van der Waals surface area contributed by atoms with Crippen molar-refractivity contribution in [1.82, 2.24) is 20.0 Å². The minimum absolute atomic E-state index is 0.